The van der Waals surface area contributed by atoms with Crippen LogP contribution in [-0.4, -0.2) is 37.1 Å². The van der Waals surface area contributed by atoms with E-state index in [-0.39, 0.29) is 0 Å². The minimum Gasteiger partial charge on any atom is -0.313 e. The van der Waals surface area contributed by atoms with Gasteiger partial charge in [0, 0.05) is 12.6 Å². The van der Waals surface area contributed by atoms with Crippen LogP contribution >= 0.6 is 0 Å². The summed E-state index contributed by atoms with van der Waals surface area (Å²) in [5.41, 5.74) is 0.453. The maximum atomic E-state index is 3.94. The van der Waals surface area contributed by atoms with Gasteiger partial charge in [-0.3, -0.25) is 0 Å². The Bertz CT molecular complexity index is 288. The second kappa shape index (κ2) is 7.97. The standard InChI is InChI=1S/C19H38N2/c1-16(15-21-12-8-5-9-13-21)14-20-18-11-7-6-10-17(18)19(2,3)4/h16-18,20H,5-15H2,1-4H3. The van der Waals surface area contributed by atoms with Crippen LogP contribution in [0.1, 0.15) is 72.6 Å². The number of rotatable bonds is 5. The maximum absolute atomic E-state index is 3.94. The highest BCUT2D eigenvalue weighted by Gasteiger charge is 2.33. The summed E-state index contributed by atoms with van der Waals surface area (Å²) in [6.07, 6.45) is 9.93. The monoisotopic (exact) mass is 294 g/mol. The molecule has 2 rings (SSSR count). The average Bonchev–Trinajstić information content (AvgIpc) is 2.45. The molecule has 2 heteroatoms. The van der Waals surface area contributed by atoms with E-state index in [0.29, 0.717) is 5.41 Å². The van der Waals surface area contributed by atoms with E-state index in [1.54, 1.807) is 0 Å². The van der Waals surface area contributed by atoms with E-state index in [1.165, 1.54) is 71.1 Å². The van der Waals surface area contributed by atoms with E-state index in [1.807, 2.05) is 0 Å². The van der Waals surface area contributed by atoms with Crippen molar-refractivity contribution in [1.82, 2.24) is 10.2 Å². The van der Waals surface area contributed by atoms with Gasteiger partial charge in [0.15, 0.2) is 0 Å². The molecule has 0 amide bonds. The minimum atomic E-state index is 0.453. The van der Waals surface area contributed by atoms with E-state index < -0.39 is 0 Å². The van der Waals surface area contributed by atoms with Gasteiger partial charge in [0.25, 0.3) is 0 Å². The largest absolute Gasteiger partial charge is 0.313 e. The topological polar surface area (TPSA) is 15.3 Å². The van der Waals surface area contributed by atoms with Crippen LogP contribution < -0.4 is 5.32 Å². The van der Waals surface area contributed by atoms with Gasteiger partial charge in [-0.2, -0.15) is 0 Å². The lowest BCUT2D eigenvalue weighted by Crippen LogP contribution is -2.46. The molecule has 1 aliphatic heterocycles. The zero-order chi connectivity index (χ0) is 15.3. The van der Waals surface area contributed by atoms with Crippen LogP contribution in [0.2, 0.25) is 0 Å². The van der Waals surface area contributed by atoms with Crippen LogP contribution in [0.3, 0.4) is 0 Å². The highest BCUT2D eigenvalue weighted by Crippen LogP contribution is 2.38. The highest BCUT2D eigenvalue weighted by molar-refractivity contribution is 4.88. The first-order chi connectivity index (χ1) is 9.97. The summed E-state index contributed by atoms with van der Waals surface area (Å²) in [6, 6.07) is 0.752. The van der Waals surface area contributed by atoms with Crippen molar-refractivity contribution in [3.05, 3.63) is 0 Å². The van der Waals surface area contributed by atoms with Gasteiger partial charge >= 0.3 is 0 Å². The first-order valence-electron chi connectivity index (χ1n) is 9.42. The fraction of sp³-hybridized carbons (Fsp3) is 1.00. The summed E-state index contributed by atoms with van der Waals surface area (Å²) in [5, 5.41) is 3.94. The Labute approximate surface area is 133 Å². The van der Waals surface area contributed by atoms with Gasteiger partial charge < -0.3 is 10.2 Å². The number of piperidine rings is 1. The van der Waals surface area contributed by atoms with Crippen molar-refractivity contribution in [1.29, 1.82) is 0 Å². The Balaban J connectivity index is 1.74. The smallest absolute Gasteiger partial charge is 0.0100 e. The van der Waals surface area contributed by atoms with Gasteiger partial charge in [-0.15, -0.1) is 0 Å². The molecule has 0 aromatic heterocycles. The fourth-order valence-corrected chi connectivity index (χ4v) is 4.41. The van der Waals surface area contributed by atoms with Crippen LogP contribution in [0.25, 0.3) is 0 Å². The Morgan fingerprint density at radius 2 is 1.67 bits per heavy atom. The molecule has 1 saturated heterocycles. The summed E-state index contributed by atoms with van der Waals surface area (Å²) in [7, 11) is 0. The molecule has 21 heavy (non-hydrogen) atoms. The van der Waals surface area contributed by atoms with Gasteiger partial charge in [-0.25, -0.2) is 0 Å². The van der Waals surface area contributed by atoms with Crippen LogP contribution in [0.4, 0.5) is 0 Å². The second-order valence-electron chi connectivity index (χ2n) is 8.74. The Kier molecular flexibility index (Phi) is 6.55. The lowest BCUT2D eigenvalue weighted by molar-refractivity contribution is 0.124. The fourth-order valence-electron chi connectivity index (χ4n) is 4.41. The predicted octanol–water partition coefficient (Wildman–Crippen LogP) is 4.30. The minimum absolute atomic E-state index is 0.453. The van der Waals surface area contributed by atoms with E-state index in [9.17, 15) is 0 Å². The third-order valence-corrected chi connectivity index (χ3v) is 5.63. The Morgan fingerprint density at radius 3 is 2.33 bits per heavy atom. The summed E-state index contributed by atoms with van der Waals surface area (Å²) >= 11 is 0. The molecule has 0 bridgehead atoms. The summed E-state index contributed by atoms with van der Waals surface area (Å²) in [5.74, 6) is 1.64. The normalized spacial score (nSPS) is 30.3. The van der Waals surface area contributed by atoms with Crippen molar-refractivity contribution in [3.8, 4) is 0 Å². The third kappa shape index (κ3) is 5.56. The van der Waals surface area contributed by atoms with Gasteiger partial charge in [-0.05, 0) is 62.6 Å². The van der Waals surface area contributed by atoms with Crippen molar-refractivity contribution in [3.63, 3.8) is 0 Å². The molecular formula is C19H38N2. The molecule has 2 fully saturated rings. The first kappa shape index (κ1) is 17.3. The Hall–Kier alpha value is -0.0800. The molecule has 0 aromatic carbocycles. The number of nitrogens with one attached hydrogen (secondary N) is 1. The second-order valence-corrected chi connectivity index (χ2v) is 8.74. The molecule has 2 nitrogen and oxygen atoms in total. The van der Waals surface area contributed by atoms with E-state index >= 15 is 0 Å². The lowest BCUT2D eigenvalue weighted by atomic mass is 9.69. The maximum Gasteiger partial charge on any atom is 0.0100 e. The van der Waals surface area contributed by atoms with Gasteiger partial charge in [0.1, 0.15) is 0 Å². The zero-order valence-electron chi connectivity index (χ0n) is 15.0. The number of nitrogens with zero attached hydrogens (tertiary/aromatic N) is 1. The zero-order valence-corrected chi connectivity index (χ0v) is 15.0. The molecule has 1 heterocycles. The van der Waals surface area contributed by atoms with E-state index in [2.05, 4.69) is 37.9 Å². The van der Waals surface area contributed by atoms with Gasteiger partial charge in [0.05, 0.1) is 0 Å². The van der Waals surface area contributed by atoms with Crippen molar-refractivity contribution in [2.45, 2.75) is 78.7 Å². The average molecular weight is 295 g/mol. The molecule has 0 aromatic rings. The van der Waals surface area contributed by atoms with Crippen molar-refractivity contribution in [2.24, 2.45) is 17.3 Å². The summed E-state index contributed by atoms with van der Waals surface area (Å²) in [6.45, 7) is 14.9. The number of hydrogen-bond donors (Lipinski definition) is 1. The van der Waals surface area contributed by atoms with Gasteiger partial charge in [0.2, 0.25) is 0 Å². The van der Waals surface area contributed by atoms with Gasteiger partial charge in [-0.1, -0.05) is 47.0 Å². The highest BCUT2D eigenvalue weighted by atomic mass is 15.1. The predicted molar refractivity (Wildman–Crippen MR) is 92.7 cm³/mol. The Morgan fingerprint density at radius 1 is 1.00 bits per heavy atom. The van der Waals surface area contributed by atoms with E-state index in [4.69, 9.17) is 0 Å². The molecule has 1 N–H and O–H groups in total. The lowest BCUT2D eigenvalue weighted by Gasteiger charge is -2.41. The molecule has 3 unspecified atom stereocenters. The van der Waals surface area contributed by atoms with E-state index in [0.717, 1.165) is 17.9 Å². The van der Waals surface area contributed by atoms with Crippen LogP contribution in [0, 0.1) is 17.3 Å². The molecule has 1 saturated carbocycles. The molecule has 0 radical (unpaired) electrons. The third-order valence-electron chi connectivity index (χ3n) is 5.63. The van der Waals surface area contributed by atoms with Crippen molar-refractivity contribution >= 4 is 0 Å². The van der Waals surface area contributed by atoms with Crippen molar-refractivity contribution in [2.75, 3.05) is 26.2 Å². The first-order valence-corrected chi connectivity index (χ1v) is 9.42. The SMILES string of the molecule is CC(CNC1CCCCC1C(C)(C)C)CN1CCCCC1. The van der Waals surface area contributed by atoms with Crippen LogP contribution in [0.15, 0.2) is 0 Å². The molecule has 0 spiro atoms. The molecule has 124 valence electrons. The quantitative estimate of drug-likeness (QED) is 0.813. The number of hydrogen-bond acceptors (Lipinski definition) is 2. The number of likely N-dealkylation sites (tertiary alicyclic amines) is 1. The van der Waals surface area contributed by atoms with Crippen LogP contribution in [0.5, 0.6) is 0 Å². The summed E-state index contributed by atoms with van der Waals surface area (Å²) in [4.78, 5) is 2.68. The van der Waals surface area contributed by atoms with Crippen molar-refractivity contribution < 1.29 is 0 Å². The summed E-state index contributed by atoms with van der Waals surface area (Å²) < 4.78 is 0. The molecular weight excluding hydrogens is 256 g/mol. The molecule has 2 aliphatic rings. The molecule has 3 atom stereocenters. The molecule has 1 aliphatic carbocycles. The van der Waals surface area contributed by atoms with Crippen LogP contribution in [-0.2, 0) is 0 Å².